The number of benzene rings is 2. The molecule has 0 spiro atoms. The zero-order valence-corrected chi connectivity index (χ0v) is 16.2. The van der Waals surface area contributed by atoms with Crippen LogP contribution in [0.5, 0.6) is 11.5 Å². The van der Waals surface area contributed by atoms with Gasteiger partial charge in [0, 0.05) is 30.9 Å². The van der Waals surface area contributed by atoms with Gasteiger partial charge in [0.15, 0.2) is 11.5 Å². The van der Waals surface area contributed by atoms with Crippen LogP contribution in [0.2, 0.25) is 5.02 Å². The Morgan fingerprint density at radius 3 is 2.67 bits per heavy atom. The highest BCUT2D eigenvalue weighted by Gasteiger charge is 2.16. The molecule has 0 aliphatic carbocycles. The van der Waals surface area contributed by atoms with E-state index in [1.54, 1.807) is 12.1 Å². The van der Waals surface area contributed by atoms with Gasteiger partial charge >= 0.3 is 0 Å². The summed E-state index contributed by atoms with van der Waals surface area (Å²) in [6, 6.07) is 11.0. The first-order valence-corrected chi connectivity index (χ1v) is 9.10. The maximum atomic E-state index is 12.6. The molecule has 0 bridgehead atoms. The van der Waals surface area contributed by atoms with Crippen LogP contribution < -0.4 is 14.8 Å². The van der Waals surface area contributed by atoms with Gasteiger partial charge in [0.2, 0.25) is 0 Å². The normalized spacial score (nSPS) is 14.6. The highest BCUT2D eigenvalue weighted by molar-refractivity contribution is 6.32. The number of carbonyl (C=O) groups is 1. The number of nitrogens with one attached hydrogen (secondary N) is 1. The summed E-state index contributed by atoms with van der Waals surface area (Å²) in [5.41, 5.74) is 2.27. The Bertz CT molecular complexity index is 807. The largest absolute Gasteiger partial charge is 0.493 e. The molecular formula is C20H23ClN2O4. The number of methoxy groups -OCH3 is 2. The lowest BCUT2D eigenvalue weighted by molar-refractivity contribution is 0.0342. The molecule has 0 unspecified atom stereocenters. The van der Waals surface area contributed by atoms with E-state index >= 15 is 0 Å². The zero-order chi connectivity index (χ0) is 19.2. The number of nitrogens with zero attached hydrogens (tertiary/aromatic N) is 1. The van der Waals surface area contributed by atoms with Gasteiger partial charge in [-0.3, -0.25) is 9.69 Å². The molecule has 0 radical (unpaired) electrons. The number of ether oxygens (including phenoxy) is 3. The summed E-state index contributed by atoms with van der Waals surface area (Å²) >= 11 is 6.19. The van der Waals surface area contributed by atoms with Crippen LogP contribution in [0.1, 0.15) is 15.9 Å². The molecule has 1 heterocycles. The number of rotatable bonds is 6. The van der Waals surface area contributed by atoms with Gasteiger partial charge in [-0.25, -0.2) is 0 Å². The molecule has 0 aromatic heterocycles. The van der Waals surface area contributed by atoms with Gasteiger partial charge in [0.25, 0.3) is 5.91 Å². The van der Waals surface area contributed by atoms with E-state index in [9.17, 15) is 4.79 Å². The monoisotopic (exact) mass is 390 g/mol. The molecule has 0 saturated carbocycles. The third-order valence-corrected chi connectivity index (χ3v) is 4.67. The summed E-state index contributed by atoms with van der Waals surface area (Å²) < 4.78 is 15.8. The van der Waals surface area contributed by atoms with Crippen LogP contribution in [0.25, 0.3) is 0 Å². The minimum atomic E-state index is -0.263. The Balaban J connectivity index is 1.72. The number of amides is 1. The lowest BCUT2D eigenvalue weighted by atomic mass is 10.1. The van der Waals surface area contributed by atoms with Crippen LogP contribution in [0.4, 0.5) is 5.69 Å². The summed E-state index contributed by atoms with van der Waals surface area (Å²) in [5.74, 6) is 0.556. The molecule has 7 heteroatoms. The van der Waals surface area contributed by atoms with E-state index in [0.717, 1.165) is 44.1 Å². The van der Waals surface area contributed by atoms with Crippen LogP contribution in [0.3, 0.4) is 0 Å². The van der Waals surface area contributed by atoms with E-state index in [4.69, 9.17) is 25.8 Å². The molecule has 0 atom stereocenters. The van der Waals surface area contributed by atoms with Crippen LogP contribution in [-0.4, -0.2) is 51.3 Å². The first kappa shape index (κ1) is 19.5. The number of hydrogen-bond acceptors (Lipinski definition) is 5. The summed E-state index contributed by atoms with van der Waals surface area (Å²) in [4.78, 5) is 15.0. The molecule has 2 aromatic carbocycles. The number of carbonyl (C=O) groups excluding carboxylic acids is 1. The summed E-state index contributed by atoms with van der Waals surface area (Å²) in [7, 11) is 3.01. The molecule has 27 heavy (non-hydrogen) atoms. The standard InChI is InChI=1S/C20H23ClN2O4/c1-25-18-12-15(11-17(21)19(18)26-2)20(24)22-16-5-3-4-14(10-16)13-23-6-8-27-9-7-23/h3-5,10-12H,6-9,13H2,1-2H3,(H,22,24). The van der Waals surface area contributed by atoms with E-state index in [0.29, 0.717) is 22.1 Å². The summed E-state index contributed by atoms with van der Waals surface area (Å²) in [6.07, 6.45) is 0. The highest BCUT2D eigenvalue weighted by atomic mass is 35.5. The van der Waals surface area contributed by atoms with Gasteiger partial charge in [0.1, 0.15) is 0 Å². The molecule has 3 rings (SSSR count). The molecule has 2 aromatic rings. The van der Waals surface area contributed by atoms with Crippen molar-refractivity contribution in [1.82, 2.24) is 4.90 Å². The van der Waals surface area contributed by atoms with Crippen molar-refractivity contribution in [3.63, 3.8) is 0 Å². The van der Waals surface area contributed by atoms with Crippen molar-refractivity contribution in [2.75, 3.05) is 45.8 Å². The van der Waals surface area contributed by atoms with E-state index < -0.39 is 0 Å². The van der Waals surface area contributed by atoms with Crippen molar-refractivity contribution in [2.45, 2.75) is 6.54 Å². The molecule has 1 fully saturated rings. The Labute approximate surface area is 164 Å². The van der Waals surface area contributed by atoms with Crippen LogP contribution >= 0.6 is 11.6 Å². The van der Waals surface area contributed by atoms with Crippen molar-refractivity contribution >= 4 is 23.2 Å². The molecule has 144 valence electrons. The Kier molecular flexibility index (Phi) is 6.55. The molecule has 1 amide bonds. The maximum absolute atomic E-state index is 12.6. The molecule has 1 aliphatic heterocycles. The highest BCUT2D eigenvalue weighted by Crippen LogP contribution is 2.36. The molecule has 1 saturated heterocycles. The van der Waals surface area contributed by atoms with Gasteiger partial charge in [-0.2, -0.15) is 0 Å². The van der Waals surface area contributed by atoms with Crippen molar-refractivity contribution in [2.24, 2.45) is 0 Å². The van der Waals surface area contributed by atoms with Crippen LogP contribution in [0, 0.1) is 0 Å². The lowest BCUT2D eigenvalue weighted by Crippen LogP contribution is -2.35. The first-order valence-electron chi connectivity index (χ1n) is 8.72. The molecule has 1 N–H and O–H groups in total. The number of halogens is 1. The Morgan fingerprint density at radius 2 is 1.96 bits per heavy atom. The van der Waals surface area contributed by atoms with Crippen molar-refractivity contribution in [3.05, 3.63) is 52.5 Å². The number of anilines is 1. The SMILES string of the molecule is COc1cc(C(=O)Nc2cccc(CN3CCOCC3)c2)cc(Cl)c1OC. The Morgan fingerprint density at radius 1 is 1.19 bits per heavy atom. The van der Waals surface area contributed by atoms with Gasteiger partial charge in [-0.15, -0.1) is 0 Å². The number of hydrogen-bond donors (Lipinski definition) is 1. The minimum absolute atomic E-state index is 0.263. The average molecular weight is 391 g/mol. The summed E-state index contributed by atoms with van der Waals surface area (Å²) in [5, 5.41) is 3.24. The molecular weight excluding hydrogens is 368 g/mol. The van der Waals surface area contributed by atoms with E-state index in [2.05, 4.69) is 16.3 Å². The Hall–Kier alpha value is -2.28. The van der Waals surface area contributed by atoms with Crippen LogP contribution in [0.15, 0.2) is 36.4 Å². The fourth-order valence-corrected chi connectivity index (χ4v) is 3.31. The lowest BCUT2D eigenvalue weighted by Gasteiger charge is -2.26. The van der Waals surface area contributed by atoms with Crippen molar-refractivity contribution in [1.29, 1.82) is 0 Å². The smallest absolute Gasteiger partial charge is 0.255 e. The fourth-order valence-electron chi connectivity index (χ4n) is 3.02. The third-order valence-electron chi connectivity index (χ3n) is 4.39. The zero-order valence-electron chi connectivity index (χ0n) is 15.5. The second kappa shape index (κ2) is 9.08. The van der Waals surface area contributed by atoms with E-state index in [-0.39, 0.29) is 5.91 Å². The predicted octanol–water partition coefficient (Wildman–Crippen LogP) is 3.44. The van der Waals surface area contributed by atoms with Gasteiger partial charge in [-0.1, -0.05) is 23.7 Å². The minimum Gasteiger partial charge on any atom is -0.493 e. The second-order valence-corrected chi connectivity index (χ2v) is 6.64. The quantitative estimate of drug-likeness (QED) is 0.818. The molecule has 6 nitrogen and oxygen atoms in total. The summed E-state index contributed by atoms with van der Waals surface area (Å²) in [6.45, 7) is 4.18. The van der Waals surface area contributed by atoms with Gasteiger partial charge < -0.3 is 19.5 Å². The maximum Gasteiger partial charge on any atom is 0.255 e. The molecule has 1 aliphatic rings. The van der Waals surface area contributed by atoms with E-state index in [1.165, 1.54) is 14.2 Å². The van der Waals surface area contributed by atoms with Crippen molar-refractivity contribution < 1.29 is 19.0 Å². The van der Waals surface area contributed by atoms with Gasteiger partial charge in [-0.05, 0) is 29.8 Å². The number of morpholine rings is 1. The van der Waals surface area contributed by atoms with Crippen molar-refractivity contribution in [3.8, 4) is 11.5 Å². The van der Waals surface area contributed by atoms with Gasteiger partial charge in [0.05, 0.1) is 32.5 Å². The topological polar surface area (TPSA) is 60.0 Å². The first-order chi connectivity index (χ1) is 13.1. The average Bonchev–Trinajstić information content (AvgIpc) is 2.68. The third kappa shape index (κ3) is 4.91. The van der Waals surface area contributed by atoms with Crippen LogP contribution in [-0.2, 0) is 11.3 Å². The predicted molar refractivity (Wildman–Crippen MR) is 105 cm³/mol. The van der Waals surface area contributed by atoms with E-state index in [1.807, 2.05) is 18.2 Å². The second-order valence-electron chi connectivity index (χ2n) is 6.24. The fraction of sp³-hybridized carbons (Fsp3) is 0.350.